The van der Waals surface area contributed by atoms with Gasteiger partial charge in [-0.2, -0.15) is 0 Å². The van der Waals surface area contributed by atoms with Crippen molar-refractivity contribution >= 4 is 24.3 Å². The molecule has 1 aliphatic rings. The van der Waals surface area contributed by atoms with Crippen molar-refractivity contribution in [3.63, 3.8) is 0 Å². The molecule has 0 saturated carbocycles. The SMILES string of the molecule is COc1ccc(COC/C(C)=C/CC[C@@H](C)C[C@H]2C/C(=[C](\C)[Sn]([CH3])([CH3])[CH3])C(=O)O2)cc1. The first kappa shape index (κ1) is 26.0. The van der Waals surface area contributed by atoms with Crippen molar-refractivity contribution in [2.45, 2.75) is 74.0 Å². The third-order valence-corrected chi connectivity index (χ3v) is 13.4. The molecule has 2 rings (SSSR count). The first-order valence-corrected chi connectivity index (χ1v) is 21.4. The second-order valence-corrected chi connectivity index (χ2v) is 24.9. The van der Waals surface area contributed by atoms with Gasteiger partial charge >= 0.3 is 139 Å². The number of cyclic esters (lactones) is 1. The molecule has 1 aromatic carbocycles. The Balaban J connectivity index is 1.70. The Bertz CT molecular complexity index is 787. The second-order valence-electron chi connectivity index (χ2n) is 9.89. The van der Waals surface area contributed by atoms with Crippen molar-refractivity contribution in [3.8, 4) is 5.75 Å². The topological polar surface area (TPSA) is 44.8 Å². The van der Waals surface area contributed by atoms with E-state index in [1.807, 2.05) is 24.3 Å². The van der Waals surface area contributed by atoms with Crippen LogP contribution in [0.1, 0.15) is 52.0 Å². The molecule has 1 saturated heterocycles. The summed E-state index contributed by atoms with van der Waals surface area (Å²) in [5.41, 5.74) is 3.38. The van der Waals surface area contributed by atoms with Gasteiger partial charge in [-0.3, -0.25) is 0 Å². The van der Waals surface area contributed by atoms with Gasteiger partial charge < -0.3 is 4.74 Å². The molecule has 1 aliphatic heterocycles. The number of hydrogen-bond acceptors (Lipinski definition) is 4. The van der Waals surface area contributed by atoms with Gasteiger partial charge in [0.1, 0.15) is 5.75 Å². The first-order chi connectivity index (χ1) is 14.6. The zero-order chi connectivity index (χ0) is 23.0. The molecule has 0 aliphatic carbocycles. The molecule has 0 aromatic heterocycles. The van der Waals surface area contributed by atoms with Crippen LogP contribution in [0.3, 0.4) is 0 Å². The maximum absolute atomic E-state index is 12.3. The number of benzene rings is 1. The van der Waals surface area contributed by atoms with E-state index in [2.05, 4.69) is 41.7 Å². The molecule has 2 atom stereocenters. The van der Waals surface area contributed by atoms with Crippen LogP contribution in [0.25, 0.3) is 0 Å². The minimum atomic E-state index is -2.20. The van der Waals surface area contributed by atoms with Gasteiger partial charge in [0.15, 0.2) is 0 Å². The Morgan fingerprint density at radius 3 is 2.52 bits per heavy atom. The molecule has 5 heteroatoms. The van der Waals surface area contributed by atoms with Crippen molar-refractivity contribution in [3.05, 3.63) is 50.6 Å². The monoisotopic (exact) mass is 536 g/mol. The molecule has 0 unspecified atom stereocenters. The number of esters is 1. The van der Waals surface area contributed by atoms with E-state index in [9.17, 15) is 4.79 Å². The Kier molecular flexibility index (Phi) is 10.1. The van der Waals surface area contributed by atoms with Crippen LogP contribution >= 0.6 is 0 Å². The van der Waals surface area contributed by atoms with Gasteiger partial charge in [0.2, 0.25) is 0 Å². The minimum absolute atomic E-state index is 0.0546. The Labute approximate surface area is 192 Å². The summed E-state index contributed by atoms with van der Waals surface area (Å²) in [7, 11) is 1.67. The maximum Gasteiger partial charge on any atom is -0.0196 e. The molecule has 0 amide bonds. The van der Waals surface area contributed by atoms with Crippen molar-refractivity contribution in [1.29, 1.82) is 0 Å². The quantitative estimate of drug-likeness (QED) is 0.141. The fraction of sp³-hybridized carbons (Fsp3) is 0.577. The summed E-state index contributed by atoms with van der Waals surface area (Å²) in [5.74, 6) is 1.33. The Hall–Kier alpha value is -1.27. The smallest absolute Gasteiger partial charge is 0.0196 e. The first-order valence-electron chi connectivity index (χ1n) is 11.4. The second kappa shape index (κ2) is 12.1. The van der Waals surface area contributed by atoms with Gasteiger partial charge in [0.25, 0.3) is 0 Å². The molecular formula is C26H40O4Sn. The summed E-state index contributed by atoms with van der Waals surface area (Å²) in [6, 6.07) is 7.97. The van der Waals surface area contributed by atoms with Gasteiger partial charge in [-0.1, -0.05) is 12.1 Å². The van der Waals surface area contributed by atoms with Crippen LogP contribution in [0, 0.1) is 5.92 Å². The number of allylic oxidation sites excluding steroid dienone is 2. The fourth-order valence-electron chi connectivity index (χ4n) is 3.76. The zero-order valence-corrected chi connectivity index (χ0v) is 23.3. The van der Waals surface area contributed by atoms with E-state index >= 15 is 0 Å². The number of carbonyl (C=O) groups is 1. The fourth-order valence-corrected chi connectivity index (χ4v) is 6.92. The van der Waals surface area contributed by atoms with Crippen molar-refractivity contribution in [2.75, 3.05) is 13.7 Å². The number of rotatable bonds is 11. The summed E-state index contributed by atoms with van der Waals surface area (Å²) in [5, 5.41) is 0. The molecule has 0 N–H and O–H groups in total. The average molecular weight is 535 g/mol. The van der Waals surface area contributed by atoms with Crippen molar-refractivity contribution in [2.24, 2.45) is 5.92 Å². The number of carbonyl (C=O) groups excluding carboxylic acids is 1. The summed E-state index contributed by atoms with van der Waals surface area (Å²) in [6.07, 6.45) is 6.20. The van der Waals surface area contributed by atoms with E-state index in [1.165, 1.54) is 9.16 Å². The summed E-state index contributed by atoms with van der Waals surface area (Å²) < 4.78 is 18.1. The van der Waals surface area contributed by atoms with Crippen LogP contribution in [0.5, 0.6) is 5.75 Å². The van der Waals surface area contributed by atoms with Crippen molar-refractivity contribution in [1.82, 2.24) is 0 Å². The number of ether oxygens (including phenoxy) is 3. The van der Waals surface area contributed by atoms with E-state index in [0.717, 1.165) is 42.6 Å². The van der Waals surface area contributed by atoms with E-state index in [1.54, 1.807) is 7.11 Å². The van der Waals surface area contributed by atoms with Crippen LogP contribution in [-0.4, -0.2) is 44.2 Å². The predicted octanol–water partition coefficient (Wildman–Crippen LogP) is 6.47. The number of methoxy groups -OCH3 is 1. The van der Waals surface area contributed by atoms with Crippen LogP contribution in [0.15, 0.2) is 45.1 Å². The van der Waals surface area contributed by atoms with E-state index in [-0.39, 0.29) is 12.1 Å². The van der Waals surface area contributed by atoms with Crippen LogP contribution in [0.2, 0.25) is 14.8 Å². The zero-order valence-electron chi connectivity index (χ0n) is 20.4. The Morgan fingerprint density at radius 2 is 1.90 bits per heavy atom. The standard InChI is InChI=1S/C23H31O4.3CH3.Sn/c1-5-20-14-22(27-23(20)24)13-17(2)7-6-8-18(3)15-26-16-19-9-11-21(25-4)12-10-19;;;;/h8-12,17,22H,6-7,13-16H2,1-4H3;3*1H3;/b18-8+,20-5?;;;;/t17-,22+;;;;/m1..../s1. The van der Waals surface area contributed by atoms with Crippen LogP contribution in [0.4, 0.5) is 0 Å². The molecule has 172 valence electrons. The van der Waals surface area contributed by atoms with Gasteiger partial charge in [0.05, 0.1) is 13.7 Å². The summed E-state index contributed by atoms with van der Waals surface area (Å²) >= 11 is -2.20. The summed E-state index contributed by atoms with van der Waals surface area (Å²) in [4.78, 5) is 19.4. The molecule has 1 heterocycles. The maximum atomic E-state index is 12.3. The molecule has 0 bridgehead atoms. The molecule has 31 heavy (non-hydrogen) atoms. The molecule has 0 radical (unpaired) electrons. The molecular weight excluding hydrogens is 495 g/mol. The Morgan fingerprint density at radius 1 is 1.23 bits per heavy atom. The third kappa shape index (κ3) is 8.64. The molecule has 0 spiro atoms. The number of hydrogen-bond donors (Lipinski definition) is 0. The molecule has 1 fully saturated rings. The molecule has 4 nitrogen and oxygen atoms in total. The van der Waals surface area contributed by atoms with E-state index < -0.39 is 18.4 Å². The third-order valence-electron chi connectivity index (χ3n) is 6.10. The minimum Gasteiger partial charge on any atom is -0.0530 e. The van der Waals surface area contributed by atoms with E-state index in [0.29, 0.717) is 19.1 Å². The molecule has 1 aromatic rings. The van der Waals surface area contributed by atoms with E-state index in [4.69, 9.17) is 14.2 Å². The van der Waals surface area contributed by atoms with Crippen LogP contribution < -0.4 is 4.74 Å². The van der Waals surface area contributed by atoms with Gasteiger partial charge in [-0.25, -0.2) is 0 Å². The summed E-state index contributed by atoms with van der Waals surface area (Å²) in [6.45, 7) is 7.78. The largest absolute Gasteiger partial charge is 0.0530 e. The van der Waals surface area contributed by atoms with Gasteiger partial charge in [-0.15, -0.1) is 0 Å². The average Bonchev–Trinajstić information content (AvgIpc) is 3.06. The normalized spacial score (nSPS) is 19.9. The predicted molar refractivity (Wildman–Crippen MR) is 130 cm³/mol. The van der Waals surface area contributed by atoms with Crippen LogP contribution in [-0.2, 0) is 20.9 Å². The van der Waals surface area contributed by atoms with Crippen molar-refractivity contribution < 1.29 is 19.0 Å². The van der Waals surface area contributed by atoms with Gasteiger partial charge in [0, 0.05) is 0 Å². The van der Waals surface area contributed by atoms with Gasteiger partial charge in [-0.05, 0) is 17.7 Å².